The van der Waals surface area contributed by atoms with Crippen LogP contribution in [0, 0.1) is 5.92 Å². The third kappa shape index (κ3) is 2.90. The number of fused-ring (bicyclic) bond motifs is 1. The molecule has 1 aromatic rings. The summed E-state index contributed by atoms with van der Waals surface area (Å²) in [4.78, 5) is 5.36. The van der Waals surface area contributed by atoms with Gasteiger partial charge in [-0.2, -0.15) is 0 Å². The van der Waals surface area contributed by atoms with Crippen molar-refractivity contribution in [2.45, 2.75) is 63.8 Å². The molecule has 0 radical (unpaired) electrons. The van der Waals surface area contributed by atoms with Crippen LogP contribution >= 0.6 is 0 Å². The summed E-state index contributed by atoms with van der Waals surface area (Å²) in [6.07, 6.45) is 7.91. The normalized spacial score (nSPS) is 31.6. The first-order valence-corrected chi connectivity index (χ1v) is 10.5. The van der Waals surface area contributed by atoms with Gasteiger partial charge in [-0.25, -0.2) is 0 Å². The molecule has 138 valence electrons. The molecule has 3 nitrogen and oxygen atoms in total. The number of aromatic hydroxyl groups is 1. The molecule has 1 aliphatic heterocycles. The van der Waals surface area contributed by atoms with Crippen LogP contribution in [0.5, 0.6) is 5.75 Å². The minimum Gasteiger partial charge on any atom is -0.508 e. The molecular weight excluding hydrogens is 308 g/mol. The van der Waals surface area contributed by atoms with E-state index in [4.69, 9.17) is 0 Å². The lowest BCUT2D eigenvalue weighted by Crippen LogP contribution is -2.61. The molecule has 3 heteroatoms. The van der Waals surface area contributed by atoms with Gasteiger partial charge in [0.2, 0.25) is 0 Å². The van der Waals surface area contributed by atoms with E-state index in [2.05, 4.69) is 35.8 Å². The van der Waals surface area contributed by atoms with Crippen molar-refractivity contribution in [1.82, 2.24) is 9.80 Å². The third-order valence-electron chi connectivity index (χ3n) is 7.53. The van der Waals surface area contributed by atoms with Crippen molar-refractivity contribution >= 4 is 0 Å². The first kappa shape index (κ1) is 17.4. The lowest BCUT2D eigenvalue weighted by atomic mass is 9.52. The summed E-state index contributed by atoms with van der Waals surface area (Å²) in [5.74, 6) is 1.25. The van der Waals surface area contributed by atoms with E-state index in [-0.39, 0.29) is 0 Å². The zero-order valence-corrected chi connectivity index (χ0v) is 16.0. The Morgan fingerprint density at radius 1 is 1.20 bits per heavy atom. The van der Waals surface area contributed by atoms with Gasteiger partial charge in [0.15, 0.2) is 0 Å². The average Bonchev–Trinajstić information content (AvgIpc) is 2.64. The van der Waals surface area contributed by atoms with Crippen molar-refractivity contribution in [1.29, 1.82) is 0 Å². The van der Waals surface area contributed by atoms with Gasteiger partial charge in [0.25, 0.3) is 0 Å². The third-order valence-corrected chi connectivity index (χ3v) is 7.53. The zero-order valence-electron chi connectivity index (χ0n) is 16.0. The quantitative estimate of drug-likeness (QED) is 0.882. The second kappa shape index (κ2) is 6.92. The zero-order chi connectivity index (χ0) is 17.4. The van der Waals surface area contributed by atoms with Gasteiger partial charge < -0.3 is 10.0 Å². The molecule has 1 saturated heterocycles. The van der Waals surface area contributed by atoms with Crippen molar-refractivity contribution in [2.24, 2.45) is 5.92 Å². The number of hydrogen-bond donors (Lipinski definition) is 1. The molecule has 0 unspecified atom stereocenters. The van der Waals surface area contributed by atoms with Gasteiger partial charge in [-0.3, -0.25) is 4.90 Å². The highest BCUT2D eigenvalue weighted by molar-refractivity contribution is 5.45. The number of nitrogens with zero attached hydrogens (tertiary/aromatic N) is 2. The number of phenolic OH excluding ortho intramolecular Hbond substituents is 1. The first-order chi connectivity index (χ1) is 12.2. The molecule has 25 heavy (non-hydrogen) atoms. The molecule has 1 N–H and O–H groups in total. The Morgan fingerprint density at radius 3 is 2.84 bits per heavy atom. The van der Waals surface area contributed by atoms with Gasteiger partial charge in [-0.15, -0.1) is 0 Å². The van der Waals surface area contributed by atoms with Crippen molar-refractivity contribution < 1.29 is 5.11 Å². The summed E-state index contributed by atoms with van der Waals surface area (Å²) in [6, 6.07) is 6.92. The highest BCUT2D eigenvalue weighted by Gasteiger charge is 2.53. The number of likely N-dealkylation sites (N-methyl/N-ethyl adjacent to an activating group) is 1. The maximum absolute atomic E-state index is 10.1. The van der Waals surface area contributed by atoms with Crippen molar-refractivity contribution in [3.8, 4) is 5.75 Å². The van der Waals surface area contributed by atoms with E-state index in [9.17, 15) is 5.11 Å². The van der Waals surface area contributed by atoms with E-state index < -0.39 is 0 Å². The van der Waals surface area contributed by atoms with E-state index in [1.807, 2.05) is 6.07 Å². The topological polar surface area (TPSA) is 26.7 Å². The van der Waals surface area contributed by atoms with Crippen LogP contribution in [0.3, 0.4) is 0 Å². The maximum Gasteiger partial charge on any atom is 0.115 e. The monoisotopic (exact) mass is 342 g/mol. The van der Waals surface area contributed by atoms with Crippen LogP contribution in [0.15, 0.2) is 18.2 Å². The average molecular weight is 343 g/mol. The Hall–Kier alpha value is -1.06. The molecule has 2 bridgehead atoms. The molecule has 3 atom stereocenters. The molecule has 1 saturated carbocycles. The standard InChI is InChI=1S/C22H34N2O/c1-3-23(4-2)13-14-24-12-11-22-10-6-5-7-19(22)21(24)15-17-8-9-18(25)16-20(17)22/h8-9,16,19,21,25H,3-7,10-15H2,1-2H3/t19-,21-,22-/m0/s1. The minimum atomic E-state index is 0.348. The van der Waals surface area contributed by atoms with E-state index in [0.29, 0.717) is 17.2 Å². The molecule has 0 aromatic heterocycles. The number of hydrogen-bond acceptors (Lipinski definition) is 3. The predicted molar refractivity (Wildman–Crippen MR) is 103 cm³/mol. The minimum absolute atomic E-state index is 0.348. The first-order valence-electron chi connectivity index (χ1n) is 10.5. The van der Waals surface area contributed by atoms with Gasteiger partial charge in [0.1, 0.15) is 5.75 Å². The molecule has 0 amide bonds. The summed E-state index contributed by atoms with van der Waals surface area (Å²) in [5.41, 5.74) is 3.35. The van der Waals surface area contributed by atoms with Crippen molar-refractivity contribution in [3.63, 3.8) is 0 Å². The van der Waals surface area contributed by atoms with Crippen molar-refractivity contribution in [3.05, 3.63) is 29.3 Å². The molecule has 2 fully saturated rings. The SMILES string of the molecule is CCN(CC)CCN1CC[C@@]23CCCC[C@H]2[C@@H]1Cc1ccc(O)cc13. The second-order valence-corrected chi connectivity index (χ2v) is 8.43. The van der Waals surface area contributed by atoms with Gasteiger partial charge >= 0.3 is 0 Å². The number of benzene rings is 1. The Morgan fingerprint density at radius 2 is 2.04 bits per heavy atom. The van der Waals surface area contributed by atoms with E-state index >= 15 is 0 Å². The van der Waals surface area contributed by atoms with Crippen LogP contribution in [0.1, 0.15) is 57.1 Å². The Kier molecular flexibility index (Phi) is 4.81. The Balaban J connectivity index is 1.62. The number of piperidine rings is 1. The highest BCUT2D eigenvalue weighted by atomic mass is 16.3. The fourth-order valence-electron chi connectivity index (χ4n) is 6.16. The summed E-state index contributed by atoms with van der Waals surface area (Å²) in [7, 11) is 0. The van der Waals surface area contributed by atoms with Gasteiger partial charge in [-0.05, 0) is 74.5 Å². The smallest absolute Gasteiger partial charge is 0.115 e. The summed E-state index contributed by atoms with van der Waals surface area (Å²) >= 11 is 0. The number of likely N-dealkylation sites (tertiary alicyclic amines) is 1. The molecular formula is C22H34N2O. The molecule has 2 aliphatic carbocycles. The van der Waals surface area contributed by atoms with Gasteiger partial charge in [0, 0.05) is 24.5 Å². The summed E-state index contributed by atoms with van der Waals surface area (Å²) in [5, 5.41) is 10.1. The summed E-state index contributed by atoms with van der Waals surface area (Å²) < 4.78 is 0. The highest BCUT2D eigenvalue weighted by Crippen LogP contribution is 2.56. The molecule has 1 aromatic carbocycles. The lowest BCUT2D eigenvalue weighted by Gasteiger charge is -2.59. The van der Waals surface area contributed by atoms with Gasteiger partial charge in [0.05, 0.1) is 0 Å². The number of phenols is 1. The largest absolute Gasteiger partial charge is 0.508 e. The Bertz CT molecular complexity index is 612. The van der Waals surface area contributed by atoms with Crippen LogP contribution in [-0.2, 0) is 11.8 Å². The summed E-state index contributed by atoms with van der Waals surface area (Å²) in [6.45, 7) is 10.5. The van der Waals surface area contributed by atoms with Gasteiger partial charge in [-0.1, -0.05) is 32.8 Å². The Labute approximate surface area is 153 Å². The van der Waals surface area contributed by atoms with Crippen LogP contribution in [-0.4, -0.2) is 53.7 Å². The van der Waals surface area contributed by atoms with Crippen LogP contribution in [0.2, 0.25) is 0 Å². The van der Waals surface area contributed by atoms with Crippen LogP contribution in [0.25, 0.3) is 0 Å². The fraction of sp³-hybridized carbons (Fsp3) is 0.727. The molecule has 3 aliphatic rings. The van der Waals surface area contributed by atoms with E-state index in [0.717, 1.165) is 19.0 Å². The molecule has 1 heterocycles. The number of rotatable bonds is 5. The van der Waals surface area contributed by atoms with Crippen LogP contribution in [0.4, 0.5) is 0 Å². The maximum atomic E-state index is 10.1. The fourth-order valence-corrected chi connectivity index (χ4v) is 6.16. The lowest BCUT2D eigenvalue weighted by molar-refractivity contribution is -0.0146. The van der Waals surface area contributed by atoms with E-state index in [1.165, 1.54) is 69.3 Å². The van der Waals surface area contributed by atoms with Crippen LogP contribution < -0.4 is 0 Å². The predicted octanol–water partition coefficient (Wildman–Crippen LogP) is 3.79. The van der Waals surface area contributed by atoms with Crippen molar-refractivity contribution in [2.75, 3.05) is 32.7 Å². The van der Waals surface area contributed by atoms with E-state index in [1.54, 1.807) is 0 Å². The second-order valence-electron chi connectivity index (χ2n) is 8.43. The molecule has 0 spiro atoms. The molecule has 4 rings (SSSR count).